The summed E-state index contributed by atoms with van der Waals surface area (Å²) >= 11 is 0. The molecule has 0 aliphatic heterocycles. The predicted molar refractivity (Wildman–Crippen MR) is 268 cm³/mol. The van der Waals surface area contributed by atoms with Gasteiger partial charge in [-0.1, -0.05) is 134 Å². The highest BCUT2D eigenvalue weighted by Crippen LogP contribution is 2.45. The van der Waals surface area contributed by atoms with Crippen LogP contribution in [0.5, 0.6) is 0 Å². The van der Waals surface area contributed by atoms with E-state index in [2.05, 4.69) is 121 Å². The summed E-state index contributed by atoms with van der Waals surface area (Å²) in [5.74, 6) is 2.62. The normalized spacial score (nSPS) is 26.2. The average molecular weight is 907 g/mol. The molecule has 0 radical (unpaired) electrons. The summed E-state index contributed by atoms with van der Waals surface area (Å²) in [6.45, 7) is 0. The number of ether oxygens (including phenoxy) is 3. The van der Waals surface area contributed by atoms with Crippen LogP contribution in [-0.2, 0) is 33.5 Å². The fourth-order valence-electron chi connectivity index (χ4n) is 13.1. The number of benzene rings is 6. The Bertz CT molecular complexity index is 3170. The molecule has 0 spiro atoms. The first kappa shape index (κ1) is 42.1. The number of hydrogen-bond acceptors (Lipinski definition) is 6. The van der Waals surface area contributed by atoms with Crippen molar-refractivity contribution in [1.82, 2.24) is 0 Å². The molecule has 6 bridgehead atoms. The Morgan fingerprint density at radius 1 is 0.348 bits per heavy atom. The van der Waals surface area contributed by atoms with Gasteiger partial charge in [0.1, 0.15) is 18.3 Å². The van der Waals surface area contributed by atoms with Crippen LogP contribution in [0.2, 0.25) is 0 Å². The van der Waals surface area contributed by atoms with Gasteiger partial charge in [0.05, 0.1) is 16.7 Å². The molecule has 0 aromatic heterocycles. The molecule has 9 aliphatic rings. The highest BCUT2D eigenvalue weighted by Gasteiger charge is 2.41. The molecule has 0 amide bonds. The molecule has 6 nitrogen and oxygen atoms in total. The summed E-state index contributed by atoms with van der Waals surface area (Å²) < 4.78 is 17.4. The monoisotopic (exact) mass is 906 g/mol. The lowest BCUT2D eigenvalue weighted by Gasteiger charge is -2.19. The van der Waals surface area contributed by atoms with Crippen molar-refractivity contribution in [2.75, 3.05) is 0 Å². The van der Waals surface area contributed by atoms with Crippen LogP contribution in [0.3, 0.4) is 0 Å². The summed E-state index contributed by atoms with van der Waals surface area (Å²) in [7, 11) is 0. The molecule has 6 heteroatoms. The van der Waals surface area contributed by atoms with Crippen molar-refractivity contribution in [3.05, 3.63) is 214 Å². The number of allylic oxidation sites excluding steroid dienone is 3. The number of esters is 3. The lowest BCUT2D eigenvalue weighted by atomic mass is 9.99. The minimum absolute atomic E-state index is 0.0602. The van der Waals surface area contributed by atoms with E-state index in [1.54, 1.807) is 0 Å². The fraction of sp³-hybridized carbons (Fsp3) is 0.286. The minimum Gasteiger partial charge on any atom is -0.458 e. The van der Waals surface area contributed by atoms with Crippen LogP contribution < -0.4 is 0 Å². The van der Waals surface area contributed by atoms with Crippen LogP contribution in [0.15, 0.2) is 164 Å². The summed E-state index contributed by atoms with van der Waals surface area (Å²) in [6.07, 6.45) is 22.8. The van der Waals surface area contributed by atoms with Crippen molar-refractivity contribution in [3.8, 4) is 33.4 Å². The van der Waals surface area contributed by atoms with E-state index in [0.29, 0.717) is 46.6 Å². The quantitative estimate of drug-likeness (QED) is 0.0939. The Hall–Kier alpha value is -7.05. The second-order valence-corrected chi connectivity index (χ2v) is 20.8. The number of rotatable bonds is 6. The van der Waals surface area contributed by atoms with E-state index in [1.807, 2.05) is 42.5 Å². The highest BCUT2D eigenvalue weighted by molar-refractivity contribution is 6.00. The molecule has 9 atom stereocenters. The van der Waals surface area contributed by atoms with Crippen molar-refractivity contribution < 1.29 is 28.6 Å². The molecule has 9 aliphatic carbocycles. The zero-order chi connectivity index (χ0) is 46.2. The first-order valence-electron chi connectivity index (χ1n) is 25.2. The Labute approximate surface area is 403 Å². The molecule has 0 heterocycles. The van der Waals surface area contributed by atoms with Gasteiger partial charge in [-0.3, -0.25) is 0 Å². The molecule has 3 fully saturated rings. The first-order chi connectivity index (χ1) is 33.8. The van der Waals surface area contributed by atoms with E-state index in [0.717, 1.165) is 68.9 Å². The van der Waals surface area contributed by atoms with Crippen molar-refractivity contribution in [1.29, 1.82) is 0 Å². The van der Waals surface area contributed by atoms with Gasteiger partial charge in [-0.25, -0.2) is 14.4 Å². The van der Waals surface area contributed by atoms with Gasteiger partial charge in [0.15, 0.2) is 0 Å². The van der Waals surface area contributed by atoms with Gasteiger partial charge in [-0.15, -0.1) is 0 Å². The predicted octanol–water partition coefficient (Wildman–Crippen LogP) is 13.1. The Morgan fingerprint density at radius 2 is 0.783 bits per heavy atom. The number of carbonyl (C=O) groups is 3. The SMILES string of the molecule is O=C(OC1CC2C=CC1C2)c1ccc2c(c1)-c1ccccc1C2.O=C(OC1CC2C=CC1C2)c1ccc2c(c1)Cc1ccccc1-2.O=C(OC1CC2C=CC1C2)c1cccc2c1-c1ccccc1C2. The van der Waals surface area contributed by atoms with E-state index >= 15 is 0 Å². The molecule has 3 saturated carbocycles. The molecule has 6 aromatic rings. The zero-order valence-corrected chi connectivity index (χ0v) is 38.6. The molecule has 0 saturated heterocycles. The molecule has 0 N–H and O–H groups in total. The number of hydrogen-bond donors (Lipinski definition) is 0. The summed E-state index contributed by atoms with van der Waals surface area (Å²) in [5, 5.41) is 0. The van der Waals surface area contributed by atoms with Gasteiger partial charge >= 0.3 is 17.9 Å². The van der Waals surface area contributed by atoms with Gasteiger partial charge in [0, 0.05) is 17.8 Å². The number of carbonyl (C=O) groups excluding carboxylic acids is 3. The molecule has 342 valence electrons. The maximum absolute atomic E-state index is 12.8. The van der Waals surface area contributed by atoms with Gasteiger partial charge in [0.2, 0.25) is 0 Å². The second-order valence-electron chi connectivity index (χ2n) is 20.8. The van der Waals surface area contributed by atoms with Crippen LogP contribution in [0, 0.1) is 35.5 Å². The first-order valence-corrected chi connectivity index (χ1v) is 25.2. The molecular formula is C63H54O6. The maximum atomic E-state index is 12.8. The smallest absolute Gasteiger partial charge is 0.339 e. The van der Waals surface area contributed by atoms with Gasteiger partial charge < -0.3 is 14.2 Å². The minimum atomic E-state index is -0.178. The van der Waals surface area contributed by atoms with Gasteiger partial charge in [-0.2, -0.15) is 0 Å². The van der Waals surface area contributed by atoms with Crippen LogP contribution in [0.1, 0.15) is 103 Å². The van der Waals surface area contributed by atoms with E-state index in [4.69, 9.17) is 14.2 Å². The van der Waals surface area contributed by atoms with Crippen LogP contribution in [0.4, 0.5) is 0 Å². The van der Waals surface area contributed by atoms with Crippen molar-refractivity contribution >= 4 is 17.9 Å². The maximum Gasteiger partial charge on any atom is 0.339 e. The topological polar surface area (TPSA) is 78.9 Å². The molecule has 15 rings (SSSR count). The highest BCUT2D eigenvalue weighted by atomic mass is 16.6. The fourth-order valence-corrected chi connectivity index (χ4v) is 13.1. The van der Waals surface area contributed by atoms with Crippen LogP contribution in [-0.4, -0.2) is 36.2 Å². The third kappa shape index (κ3) is 7.78. The summed E-state index contributed by atoms with van der Waals surface area (Å²) in [4.78, 5) is 37.8. The molecule has 6 aromatic carbocycles. The van der Waals surface area contributed by atoms with Gasteiger partial charge in [-0.05, 0) is 173 Å². The lowest BCUT2D eigenvalue weighted by molar-refractivity contribution is 0.0233. The molecule has 69 heavy (non-hydrogen) atoms. The van der Waals surface area contributed by atoms with E-state index in [-0.39, 0.29) is 36.2 Å². The summed E-state index contributed by atoms with van der Waals surface area (Å²) in [6, 6.07) is 43.2. The number of fused-ring (bicyclic) bond motifs is 15. The van der Waals surface area contributed by atoms with Crippen LogP contribution >= 0.6 is 0 Å². The Balaban J connectivity index is 0.000000102. The third-order valence-electron chi connectivity index (χ3n) is 16.5. The standard InChI is InChI=1S/3C21H18O2/c22-21(23-19-11-13-8-9-15(19)10-13)18-7-3-5-16-12-14-4-1-2-6-17(14)20(16)18;22-21(23-20-10-13-5-6-16(20)9-13)17-8-7-15-11-14-3-1-2-4-18(14)19(15)12-17;22-21(23-20-10-13-5-6-15(20)9-13)16-7-8-19-17(12-16)11-14-3-1-2-4-18(14)19/h1-9,13,15,19H,10-12H2;1-8,12-13,16,20H,9-11H2;1-8,12-13,15,20H,9-11H2. The lowest BCUT2D eigenvalue weighted by Crippen LogP contribution is -2.22. The van der Waals surface area contributed by atoms with E-state index < -0.39 is 0 Å². The van der Waals surface area contributed by atoms with Crippen molar-refractivity contribution in [2.45, 2.75) is 76.1 Å². The second kappa shape index (κ2) is 17.2. The van der Waals surface area contributed by atoms with Crippen molar-refractivity contribution in [3.63, 3.8) is 0 Å². The summed E-state index contributed by atoms with van der Waals surface area (Å²) in [5.41, 5.74) is 17.0. The Kier molecular flexibility index (Phi) is 10.5. The van der Waals surface area contributed by atoms with Crippen molar-refractivity contribution in [2.24, 2.45) is 35.5 Å². The van der Waals surface area contributed by atoms with Crippen LogP contribution in [0.25, 0.3) is 33.4 Å². The molecule has 9 unspecified atom stereocenters. The molecular weight excluding hydrogens is 853 g/mol. The zero-order valence-electron chi connectivity index (χ0n) is 38.6. The van der Waals surface area contributed by atoms with Gasteiger partial charge in [0.25, 0.3) is 0 Å². The third-order valence-corrected chi connectivity index (χ3v) is 16.5. The van der Waals surface area contributed by atoms with E-state index in [9.17, 15) is 14.4 Å². The largest absolute Gasteiger partial charge is 0.458 e. The average Bonchev–Trinajstić information content (AvgIpc) is 4.25. The Morgan fingerprint density at radius 3 is 1.35 bits per heavy atom. The van der Waals surface area contributed by atoms with E-state index in [1.165, 1.54) is 61.2 Å².